The fourth-order valence-corrected chi connectivity index (χ4v) is 1.72. The van der Waals surface area contributed by atoms with E-state index in [4.69, 9.17) is 5.11 Å². The van der Waals surface area contributed by atoms with Crippen molar-refractivity contribution in [3.8, 4) is 0 Å². The summed E-state index contributed by atoms with van der Waals surface area (Å²) in [5.41, 5.74) is -0.952. The normalized spacial score (nSPS) is 13.4. The predicted molar refractivity (Wildman–Crippen MR) is 57.8 cm³/mol. The number of hydrogen-bond donors (Lipinski definition) is 1. The fourth-order valence-electron chi connectivity index (χ4n) is 1.72. The standard InChI is InChI=1S/C11H12F3NO3/c1-6-3-9(16)8(10(17)18)5-15(6)7(2)4-11(12,13)14/h3,5,7H,4H2,1-2H3,(H,17,18). The summed E-state index contributed by atoms with van der Waals surface area (Å²) in [7, 11) is 0. The van der Waals surface area contributed by atoms with Crippen LogP contribution in [0.1, 0.15) is 35.4 Å². The minimum absolute atomic E-state index is 0.293. The number of alkyl halides is 3. The second kappa shape index (κ2) is 4.83. The van der Waals surface area contributed by atoms with Gasteiger partial charge in [0.05, 0.1) is 6.42 Å². The molecule has 0 amide bonds. The van der Waals surface area contributed by atoms with E-state index in [0.29, 0.717) is 5.69 Å². The first-order valence-electron chi connectivity index (χ1n) is 5.14. The summed E-state index contributed by atoms with van der Waals surface area (Å²) < 4.78 is 38.0. The average molecular weight is 263 g/mol. The highest BCUT2D eigenvalue weighted by Crippen LogP contribution is 2.27. The highest BCUT2D eigenvalue weighted by atomic mass is 19.4. The first-order valence-corrected chi connectivity index (χ1v) is 5.14. The first-order chi connectivity index (χ1) is 8.11. The molecule has 0 saturated heterocycles. The minimum Gasteiger partial charge on any atom is -0.477 e. The van der Waals surface area contributed by atoms with E-state index in [0.717, 1.165) is 16.8 Å². The Morgan fingerprint density at radius 2 is 2.06 bits per heavy atom. The van der Waals surface area contributed by atoms with Crippen molar-refractivity contribution in [3.05, 3.63) is 33.7 Å². The van der Waals surface area contributed by atoms with Gasteiger partial charge in [-0.25, -0.2) is 4.79 Å². The Kier molecular flexibility index (Phi) is 3.83. The lowest BCUT2D eigenvalue weighted by Gasteiger charge is -2.20. The molecule has 18 heavy (non-hydrogen) atoms. The molecule has 1 atom stereocenters. The highest BCUT2D eigenvalue weighted by molar-refractivity contribution is 5.87. The lowest BCUT2D eigenvalue weighted by molar-refractivity contribution is -0.141. The Labute approximate surface area is 101 Å². The van der Waals surface area contributed by atoms with Gasteiger partial charge in [-0.15, -0.1) is 0 Å². The number of carboxylic acid groups (broad SMARTS) is 1. The first kappa shape index (κ1) is 14.3. The molecule has 0 fully saturated rings. The van der Waals surface area contributed by atoms with Crippen LogP contribution >= 0.6 is 0 Å². The molecule has 1 unspecified atom stereocenters. The van der Waals surface area contributed by atoms with E-state index in [2.05, 4.69) is 0 Å². The molecule has 0 aromatic carbocycles. The number of hydrogen-bond acceptors (Lipinski definition) is 2. The monoisotopic (exact) mass is 263 g/mol. The van der Waals surface area contributed by atoms with E-state index in [9.17, 15) is 22.8 Å². The molecule has 1 rings (SSSR count). The maximum absolute atomic E-state index is 12.3. The van der Waals surface area contributed by atoms with Crippen LogP contribution in [0.4, 0.5) is 13.2 Å². The van der Waals surface area contributed by atoms with E-state index in [1.165, 1.54) is 13.8 Å². The van der Waals surface area contributed by atoms with Crippen LogP contribution in [0.2, 0.25) is 0 Å². The Bertz CT molecular complexity index is 519. The topological polar surface area (TPSA) is 59.3 Å². The van der Waals surface area contributed by atoms with Gasteiger partial charge >= 0.3 is 12.1 Å². The fraction of sp³-hybridized carbons (Fsp3) is 0.455. The summed E-state index contributed by atoms with van der Waals surface area (Å²) >= 11 is 0. The average Bonchev–Trinajstić information content (AvgIpc) is 2.13. The van der Waals surface area contributed by atoms with Gasteiger partial charge in [-0.1, -0.05) is 0 Å². The predicted octanol–water partition coefficient (Wildman–Crippen LogP) is 2.37. The smallest absolute Gasteiger partial charge is 0.391 e. The highest BCUT2D eigenvalue weighted by Gasteiger charge is 2.31. The number of pyridine rings is 1. The van der Waals surface area contributed by atoms with Crippen LogP contribution in [0, 0.1) is 6.92 Å². The van der Waals surface area contributed by atoms with Crippen molar-refractivity contribution in [3.63, 3.8) is 0 Å². The Morgan fingerprint density at radius 3 is 2.50 bits per heavy atom. The van der Waals surface area contributed by atoms with Gasteiger partial charge in [-0.3, -0.25) is 4.79 Å². The van der Waals surface area contributed by atoms with Crippen LogP contribution in [0.3, 0.4) is 0 Å². The van der Waals surface area contributed by atoms with Crippen LogP contribution in [0.5, 0.6) is 0 Å². The summed E-state index contributed by atoms with van der Waals surface area (Å²) in [5, 5.41) is 8.76. The van der Waals surface area contributed by atoms with Crippen LogP contribution in [-0.2, 0) is 0 Å². The van der Waals surface area contributed by atoms with Crippen molar-refractivity contribution >= 4 is 5.97 Å². The van der Waals surface area contributed by atoms with Gasteiger partial charge in [0, 0.05) is 24.0 Å². The van der Waals surface area contributed by atoms with Gasteiger partial charge in [0.1, 0.15) is 5.56 Å². The van der Waals surface area contributed by atoms with Gasteiger partial charge in [-0.2, -0.15) is 13.2 Å². The maximum atomic E-state index is 12.3. The second-order valence-corrected chi connectivity index (χ2v) is 4.07. The summed E-state index contributed by atoms with van der Waals surface area (Å²) in [6.45, 7) is 2.77. The van der Waals surface area contributed by atoms with E-state index in [-0.39, 0.29) is 0 Å². The molecule has 0 bridgehead atoms. The summed E-state index contributed by atoms with van der Waals surface area (Å²) in [6.07, 6.45) is -4.48. The van der Waals surface area contributed by atoms with Crippen molar-refractivity contribution in [2.75, 3.05) is 0 Å². The van der Waals surface area contributed by atoms with Gasteiger partial charge in [-0.05, 0) is 13.8 Å². The largest absolute Gasteiger partial charge is 0.477 e. The Hall–Kier alpha value is -1.79. The molecule has 0 aliphatic rings. The van der Waals surface area contributed by atoms with Crippen LogP contribution in [-0.4, -0.2) is 21.8 Å². The zero-order chi connectivity index (χ0) is 14.1. The number of carboxylic acids is 1. The molecule has 0 radical (unpaired) electrons. The molecule has 0 saturated carbocycles. The molecular formula is C11H12F3NO3. The molecule has 1 aromatic rings. The number of carbonyl (C=O) groups is 1. The Balaban J connectivity index is 3.20. The number of halogens is 3. The molecule has 7 heteroatoms. The lowest BCUT2D eigenvalue weighted by Crippen LogP contribution is -2.23. The molecule has 100 valence electrons. The number of nitrogens with zero attached hydrogens (tertiary/aromatic N) is 1. The van der Waals surface area contributed by atoms with Gasteiger partial charge in [0.15, 0.2) is 5.43 Å². The maximum Gasteiger partial charge on any atom is 0.391 e. The second-order valence-electron chi connectivity index (χ2n) is 4.07. The van der Waals surface area contributed by atoms with Crippen molar-refractivity contribution < 1.29 is 23.1 Å². The third kappa shape index (κ3) is 3.35. The number of aromatic nitrogens is 1. The third-order valence-corrected chi connectivity index (χ3v) is 2.51. The van der Waals surface area contributed by atoms with Crippen molar-refractivity contribution in [1.82, 2.24) is 4.57 Å². The Morgan fingerprint density at radius 1 is 1.50 bits per heavy atom. The van der Waals surface area contributed by atoms with Crippen molar-refractivity contribution in [1.29, 1.82) is 0 Å². The van der Waals surface area contributed by atoms with E-state index in [1.54, 1.807) is 0 Å². The van der Waals surface area contributed by atoms with Crippen LogP contribution in [0.25, 0.3) is 0 Å². The summed E-state index contributed by atoms with van der Waals surface area (Å²) in [4.78, 5) is 22.1. The van der Waals surface area contributed by atoms with Crippen molar-refractivity contribution in [2.24, 2.45) is 0 Å². The summed E-state index contributed by atoms with van der Waals surface area (Å²) in [5.74, 6) is -1.45. The van der Waals surface area contributed by atoms with E-state index < -0.39 is 35.6 Å². The molecule has 0 aliphatic heterocycles. The molecule has 4 nitrogen and oxygen atoms in total. The van der Waals surface area contributed by atoms with Crippen LogP contribution < -0.4 is 5.43 Å². The molecule has 1 heterocycles. The molecule has 0 spiro atoms. The third-order valence-electron chi connectivity index (χ3n) is 2.51. The number of rotatable bonds is 3. The zero-order valence-corrected chi connectivity index (χ0v) is 9.78. The van der Waals surface area contributed by atoms with E-state index in [1.807, 2.05) is 0 Å². The number of aryl methyl sites for hydroxylation is 1. The van der Waals surface area contributed by atoms with Crippen LogP contribution in [0.15, 0.2) is 17.1 Å². The lowest BCUT2D eigenvalue weighted by atomic mass is 10.1. The molecule has 1 N–H and O–H groups in total. The summed E-state index contributed by atoms with van der Waals surface area (Å²) in [6, 6.07) is 0.0553. The molecule has 1 aromatic heterocycles. The van der Waals surface area contributed by atoms with Gasteiger partial charge in [0.25, 0.3) is 0 Å². The van der Waals surface area contributed by atoms with Gasteiger partial charge in [0.2, 0.25) is 0 Å². The molecular weight excluding hydrogens is 251 g/mol. The van der Waals surface area contributed by atoms with Crippen molar-refractivity contribution in [2.45, 2.75) is 32.5 Å². The quantitative estimate of drug-likeness (QED) is 0.910. The minimum atomic E-state index is -4.35. The van der Waals surface area contributed by atoms with Gasteiger partial charge < -0.3 is 9.67 Å². The number of aromatic carboxylic acids is 1. The SMILES string of the molecule is Cc1cc(=O)c(C(=O)O)cn1C(C)CC(F)(F)F. The zero-order valence-electron chi connectivity index (χ0n) is 9.78. The van der Waals surface area contributed by atoms with E-state index >= 15 is 0 Å². The molecule has 0 aliphatic carbocycles.